The maximum atomic E-state index is 5.44. The molecule has 5 nitrogen and oxygen atoms in total. The molecule has 0 aromatic carbocycles. The van der Waals surface area contributed by atoms with Crippen molar-refractivity contribution in [3.8, 4) is 35.1 Å². The quantitative estimate of drug-likeness (QED) is 0.636. The van der Waals surface area contributed by atoms with Gasteiger partial charge < -0.3 is 0 Å². The van der Waals surface area contributed by atoms with E-state index in [4.69, 9.17) is 11.4 Å². The molecular weight excluding hydrogens is 262 g/mol. The Morgan fingerprint density at radius 1 is 1.29 bits per heavy atom. The van der Waals surface area contributed by atoms with E-state index in [2.05, 4.69) is 21.0 Å². The number of hydrogen-bond acceptors (Lipinski definition) is 4. The summed E-state index contributed by atoms with van der Waals surface area (Å²) in [4.78, 5) is 13.2. The second-order valence-electron chi connectivity index (χ2n) is 4.84. The first-order valence-electron chi connectivity index (χ1n) is 6.66. The summed E-state index contributed by atoms with van der Waals surface area (Å²) in [5.41, 5.74) is 4.52. The Morgan fingerprint density at radius 2 is 2.24 bits per heavy atom. The van der Waals surface area contributed by atoms with E-state index in [0.29, 0.717) is 11.5 Å². The fourth-order valence-electron chi connectivity index (χ4n) is 2.52. The average Bonchev–Trinajstić information content (AvgIpc) is 2.99. The third kappa shape index (κ3) is 1.89. The molecule has 5 heteroatoms. The topological polar surface area (TPSA) is 56.5 Å². The van der Waals surface area contributed by atoms with Crippen LogP contribution in [0.25, 0.3) is 22.8 Å². The number of nitrogens with zero attached hydrogens (tertiary/aromatic N) is 5. The highest BCUT2D eigenvalue weighted by Gasteiger charge is 2.20. The number of hydrogen-bond donors (Lipinski definition) is 0. The average molecular weight is 273 g/mol. The molecule has 0 bridgehead atoms. The van der Waals surface area contributed by atoms with Crippen molar-refractivity contribution in [2.24, 2.45) is 0 Å². The summed E-state index contributed by atoms with van der Waals surface area (Å²) in [6.07, 6.45) is 11.7. The van der Waals surface area contributed by atoms with Gasteiger partial charge in [-0.1, -0.05) is 0 Å². The molecule has 1 aliphatic heterocycles. The van der Waals surface area contributed by atoms with Crippen molar-refractivity contribution in [3.05, 3.63) is 48.0 Å². The molecule has 0 amide bonds. The van der Waals surface area contributed by atoms with Crippen LogP contribution in [0.1, 0.15) is 11.3 Å². The Morgan fingerprint density at radius 3 is 3.05 bits per heavy atom. The number of pyridine rings is 1. The van der Waals surface area contributed by atoms with Crippen molar-refractivity contribution in [3.63, 3.8) is 0 Å². The third-order valence-corrected chi connectivity index (χ3v) is 3.55. The molecule has 0 N–H and O–H groups in total. The molecule has 1 aliphatic rings. The van der Waals surface area contributed by atoms with Crippen LogP contribution >= 0.6 is 0 Å². The van der Waals surface area contributed by atoms with Crippen molar-refractivity contribution >= 4 is 0 Å². The number of aromatic nitrogens is 5. The van der Waals surface area contributed by atoms with Crippen LogP contribution in [-0.4, -0.2) is 24.7 Å². The second-order valence-corrected chi connectivity index (χ2v) is 4.84. The Kier molecular flexibility index (Phi) is 2.54. The van der Waals surface area contributed by atoms with Crippen molar-refractivity contribution in [1.29, 1.82) is 0 Å². The van der Waals surface area contributed by atoms with Gasteiger partial charge in [0.15, 0.2) is 5.82 Å². The van der Waals surface area contributed by atoms with E-state index in [1.807, 2.05) is 29.1 Å². The molecule has 4 heterocycles. The van der Waals surface area contributed by atoms with Crippen LogP contribution < -0.4 is 0 Å². The lowest BCUT2D eigenvalue weighted by Crippen LogP contribution is -2.14. The Hall–Kier alpha value is -3.00. The first-order chi connectivity index (χ1) is 10.3. The third-order valence-electron chi connectivity index (χ3n) is 3.55. The molecule has 0 atom stereocenters. The summed E-state index contributed by atoms with van der Waals surface area (Å²) in [6, 6.07) is 5.72. The molecule has 0 fully saturated rings. The monoisotopic (exact) mass is 273 g/mol. The first-order valence-corrected chi connectivity index (χ1v) is 6.66. The lowest BCUT2D eigenvalue weighted by Gasteiger charge is -2.17. The van der Waals surface area contributed by atoms with Crippen LogP contribution in [0.3, 0.4) is 0 Å². The fourth-order valence-corrected chi connectivity index (χ4v) is 2.52. The number of aryl methyl sites for hydroxylation is 2. The number of rotatable bonds is 1. The second kappa shape index (κ2) is 4.53. The standard InChI is InChI=1S/C16H11N5/c1-2-13-8-14-15-11(5-7-21(14)20-13)10-18-16(19-15)12-4-3-6-17-9-12/h1,3-4,6,8-10H,5,7H2. The molecular formula is C16H11N5. The molecule has 3 aromatic rings. The molecule has 100 valence electrons. The van der Waals surface area contributed by atoms with Crippen LogP contribution in [0, 0.1) is 12.3 Å². The van der Waals surface area contributed by atoms with E-state index in [-0.39, 0.29) is 0 Å². The highest BCUT2D eigenvalue weighted by molar-refractivity contribution is 5.65. The van der Waals surface area contributed by atoms with Crippen LogP contribution in [0.5, 0.6) is 0 Å². The molecule has 0 saturated heterocycles. The summed E-state index contributed by atoms with van der Waals surface area (Å²) < 4.78 is 1.91. The fraction of sp³-hybridized carbons (Fsp3) is 0.125. The largest absolute Gasteiger partial charge is 0.264 e. The zero-order chi connectivity index (χ0) is 14.2. The summed E-state index contributed by atoms with van der Waals surface area (Å²) in [5, 5.41) is 4.38. The van der Waals surface area contributed by atoms with Gasteiger partial charge >= 0.3 is 0 Å². The van der Waals surface area contributed by atoms with E-state index in [0.717, 1.165) is 35.5 Å². The van der Waals surface area contributed by atoms with Crippen molar-refractivity contribution < 1.29 is 0 Å². The molecule has 21 heavy (non-hydrogen) atoms. The van der Waals surface area contributed by atoms with Crippen LogP contribution in [-0.2, 0) is 13.0 Å². The van der Waals surface area contributed by atoms with Crippen molar-refractivity contribution in [2.45, 2.75) is 13.0 Å². The van der Waals surface area contributed by atoms with Gasteiger partial charge in [-0.3, -0.25) is 9.67 Å². The zero-order valence-electron chi connectivity index (χ0n) is 11.2. The van der Waals surface area contributed by atoms with Gasteiger partial charge in [-0.15, -0.1) is 6.42 Å². The molecule has 4 rings (SSSR count). The lowest BCUT2D eigenvalue weighted by molar-refractivity contribution is 0.601. The predicted octanol–water partition coefficient (Wildman–Crippen LogP) is 1.94. The van der Waals surface area contributed by atoms with Gasteiger partial charge in [0.1, 0.15) is 5.69 Å². The maximum absolute atomic E-state index is 5.44. The van der Waals surface area contributed by atoms with Gasteiger partial charge in [-0.05, 0) is 24.5 Å². The van der Waals surface area contributed by atoms with E-state index in [1.165, 1.54) is 0 Å². The van der Waals surface area contributed by atoms with E-state index >= 15 is 0 Å². The molecule has 0 saturated carbocycles. The van der Waals surface area contributed by atoms with Gasteiger partial charge in [-0.2, -0.15) is 5.10 Å². The van der Waals surface area contributed by atoms with E-state index in [9.17, 15) is 0 Å². The highest BCUT2D eigenvalue weighted by Crippen LogP contribution is 2.29. The van der Waals surface area contributed by atoms with Gasteiger partial charge in [0.2, 0.25) is 0 Å². The molecule has 0 unspecified atom stereocenters. The normalized spacial score (nSPS) is 12.3. The molecule has 3 aromatic heterocycles. The molecule has 0 radical (unpaired) electrons. The van der Waals surface area contributed by atoms with Gasteiger partial charge in [0.05, 0.1) is 11.4 Å². The summed E-state index contributed by atoms with van der Waals surface area (Å²) >= 11 is 0. The number of fused-ring (bicyclic) bond motifs is 3. The predicted molar refractivity (Wildman–Crippen MR) is 78.1 cm³/mol. The summed E-state index contributed by atoms with van der Waals surface area (Å²) in [5.74, 6) is 3.24. The first kappa shape index (κ1) is 11.8. The number of terminal acetylenes is 1. The summed E-state index contributed by atoms with van der Waals surface area (Å²) in [6.45, 7) is 0.805. The SMILES string of the molecule is C#Cc1cc2n(n1)CCc1cnc(-c3cccnc3)nc1-2. The van der Waals surface area contributed by atoms with Crippen LogP contribution in [0.4, 0.5) is 0 Å². The highest BCUT2D eigenvalue weighted by atomic mass is 15.3. The zero-order valence-corrected chi connectivity index (χ0v) is 11.2. The van der Waals surface area contributed by atoms with Crippen LogP contribution in [0.15, 0.2) is 36.8 Å². The van der Waals surface area contributed by atoms with Gasteiger partial charge in [0.25, 0.3) is 0 Å². The lowest BCUT2D eigenvalue weighted by atomic mass is 10.1. The maximum Gasteiger partial charge on any atom is 0.161 e. The minimum Gasteiger partial charge on any atom is -0.264 e. The van der Waals surface area contributed by atoms with E-state index < -0.39 is 0 Å². The van der Waals surface area contributed by atoms with Crippen LogP contribution in [0.2, 0.25) is 0 Å². The van der Waals surface area contributed by atoms with Crippen molar-refractivity contribution in [1.82, 2.24) is 24.7 Å². The smallest absolute Gasteiger partial charge is 0.161 e. The Bertz CT molecular complexity index is 858. The Balaban J connectivity index is 1.88. The molecule has 0 spiro atoms. The Labute approximate surface area is 121 Å². The van der Waals surface area contributed by atoms with Gasteiger partial charge in [-0.25, -0.2) is 9.97 Å². The minimum atomic E-state index is 0.638. The molecule has 0 aliphatic carbocycles. The summed E-state index contributed by atoms with van der Waals surface area (Å²) in [7, 11) is 0. The minimum absolute atomic E-state index is 0.638. The van der Waals surface area contributed by atoms with Gasteiger partial charge in [0, 0.05) is 42.3 Å². The van der Waals surface area contributed by atoms with Crippen molar-refractivity contribution in [2.75, 3.05) is 0 Å². The van der Waals surface area contributed by atoms with E-state index in [1.54, 1.807) is 12.4 Å².